The van der Waals surface area contributed by atoms with E-state index in [1.54, 1.807) is 0 Å². The first kappa shape index (κ1) is 23.6. The summed E-state index contributed by atoms with van der Waals surface area (Å²) in [5.41, 5.74) is 0. The van der Waals surface area contributed by atoms with E-state index in [9.17, 15) is 4.79 Å². The van der Waals surface area contributed by atoms with Crippen LogP contribution in [0.3, 0.4) is 0 Å². The van der Waals surface area contributed by atoms with Crippen molar-refractivity contribution in [3.8, 4) is 0 Å². The Bertz CT molecular complexity index is 286. The Morgan fingerprint density at radius 1 is 0.625 bits per heavy atom. The van der Waals surface area contributed by atoms with Gasteiger partial charge in [0.05, 0.1) is 27.2 Å². The molecule has 0 fully saturated rings. The van der Waals surface area contributed by atoms with Gasteiger partial charge in [0.2, 0.25) is 0 Å². The first-order chi connectivity index (χ1) is 11.5. The van der Waals surface area contributed by atoms with Crippen molar-refractivity contribution < 1.29 is 9.28 Å². The number of hydrogen-bond acceptors (Lipinski definition) is 1. The van der Waals surface area contributed by atoms with Gasteiger partial charge in [-0.05, 0) is 26.2 Å². The highest BCUT2D eigenvalue weighted by molar-refractivity contribution is 5.78. The number of quaternary nitrogens is 1. The van der Waals surface area contributed by atoms with Crippen molar-refractivity contribution in [3.05, 3.63) is 0 Å². The van der Waals surface area contributed by atoms with Crippen LogP contribution < -0.4 is 0 Å². The zero-order valence-electron chi connectivity index (χ0n) is 17.4. The maximum atomic E-state index is 11.9. The third-order valence-corrected chi connectivity index (χ3v) is 5.38. The zero-order chi connectivity index (χ0) is 18.1. The molecule has 0 atom stereocenters. The van der Waals surface area contributed by atoms with Crippen LogP contribution in [0.5, 0.6) is 0 Å². The van der Waals surface area contributed by atoms with E-state index in [2.05, 4.69) is 27.9 Å². The van der Waals surface area contributed by atoms with Crippen LogP contribution in [-0.2, 0) is 4.79 Å². The molecule has 2 heteroatoms. The van der Waals surface area contributed by atoms with Gasteiger partial charge in [-0.1, -0.05) is 71.1 Å². The summed E-state index contributed by atoms with van der Waals surface area (Å²) in [5.74, 6) is 0.493. The molecular formula is C22H46NO+. The van der Waals surface area contributed by atoms with Gasteiger partial charge in [0.25, 0.3) is 0 Å². The Balaban J connectivity index is 3.26. The highest BCUT2D eigenvalue weighted by Gasteiger charge is 2.11. The molecule has 0 saturated heterocycles. The molecule has 0 unspecified atom stereocenters. The highest BCUT2D eigenvalue weighted by Crippen LogP contribution is 2.13. The number of carbonyl (C=O) groups is 1. The molecule has 0 amide bonds. The van der Waals surface area contributed by atoms with Crippen LogP contribution in [0, 0.1) is 0 Å². The molecule has 0 N–H and O–H groups in total. The molecule has 0 aliphatic carbocycles. The molecule has 0 aliphatic rings. The summed E-state index contributed by atoms with van der Waals surface area (Å²) in [5, 5.41) is 0. The van der Waals surface area contributed by atoms with E-state index in [1.165, 1.54) is 83.7 Å². The normalized spacial score (nSPS) is 11.8. The monoisotopic (exact) mass is 340 g/mol. The van der Waals surface area contributed by atoms with E-state index in [-0.39, 0.29) is 0 Å². The minimum atomic E-state index is 0.493. The van der Waals surface area contributed by atoms with Crippen molar-refractivity contribution in [3.63, 3.8) is 0 Å². The lowest BCUT2D eigenvalue weighted by Crippen LogP contribution is -2.39. The molecular weight excluding hydrogens is 294 g/mol. The summed E-state index contributed by atoms with van der Waals surface area (Å²) in [6, 6.07) is 0. The fraction of sp³-hybridized carbons (Fsp3) is 0.955. The Labute approximate surface area is 153 Å². The minimum Gasteiger partial charge on any atom is -0.329 e. The van der Waals surface area contributed by atoms with Gasteiger partial charge in [-0.2, -0.15) is 0 Å². The standard InChI is InChI=1S/C22H46NO/c1-5-7-8-9-10-11-12-13-14-15-16-19-22(24)20-17-18-21-23(3,4)6-2/h5-21H2,1-4H3/q+1. The summed E-state index contributed by atoms with van der Waals surface area (Å²) in [4.78, 5) is 11.9. The van der Waals surface area contributed by atoms with Crippen LogP contribution in [-0.4, -0.2) is 37.5 Å². The van der Waals surface area contributed by atoms with Gasteiger partial charge >= 0.3 is 0 Å². The molecule has 24 heavy (non-hydrogen) atoms. The molecule has 0 saturated carbocycles. The number of carbonyl (C=O) groups excluding carboxylic acids is 1. The predicted molar refractivity (Wildman–Crippen MR) is 107 cm³/mol. The third kappa shape index (κ3) is 16.5. The van der Waals surface area contributed by atoms with Gasteiger partial charge in [-0.25, -0.2) is 0 Å². The molecule has 0 bridgehead atoms. The van der Waals surface area contributed by atoms with E-state index in [0.29, 0.717) is 5.78 Å². The molecule has 0 aromatic carbocycles. The lowest BCUT2D eigenvalue weighted by molar-refractivity contribution is -0.888. The quantitative estimate of drug-likeness (QED) is 0.205. The summed E-state index contributed by atoms with van der Waals surface area (Å²) < 4.78 is 1.08. The SMILES string of the molecule is CCCCCCCCCCCCCC(=O)CCCC[N+](C)(C)CC. The van der Waals surface area contributed by atoms with Crippen LogP contribution >= 0.6 is 0 Å². The minimum absolute atomic E-state index is 0.493. The van der Waals surface area contributed by atoms with Gasteiger partial charge in [0.15, 0.2) is 0 Å². The second-order valence-electron chi connectivity index (χ2n) is 8.26. The van der Waals surface area contributed by atoms with Gasteiger partial charge in [0.1, 0.15) is 5.78 Å². The highest BCUT2D eigenvalue weighted by atomic mass is 16.1. The maximum Gasteiger partial charge on any atom is 0.132 e. The van der Waals surface area contributed by atoms with Crippen molar-refractivity contribution in [1.82, 2.24) is 0 Å². The van der Waals surface area contributed by atoms with Crippen molar-refractivity contribution in [2.45, 2.75) is 110 Å². The Morgan fingerprint density at radius 3 is 1.50 bits per heavy atom. The topological polar surface area (TPSA) is 17.1 Å². The van der Waals surface area contributed by atoms with Gasteiger partial charge < -0.3 is 4.48 Å². The number of Topliss-reactive ketones (excluding diaryl/α,β-unsaturated/α-hetero) is 1. The average molecular weight is 341 g/mol. The summed E-state index contributed by atoms with van der Waals surface area (Å²) in [6.45, 7) is 6.88. The molecule has 0 aliphatic heterocycles. The Kier molecular flexibility index (Phi) is 15.9. The van der Waals surface area contributed by atoms with E-state index < -0.39 is 0 Å². The number of hydrogen-bond donors (Lipinski definition) is 0. The van der Waals surface area contributed by atoms with E-state index in [0.717, 1.165) is 30.2 Å². The van der Waals surface area contributed by atoms with Crippen LogP contribution in [0.4, 0.5) is 0 Å². The fourth-order valence-electron chi connectivity index (χ4n) is 3.13. The number of nitrogens with zero attached hydrogens (tertiary/aromatic N) is 1. The lowest BCUT2D eigenvalue weighted by Gasteiger charge is -2.28. The summed E-state index contributed by atoms with van der Waals surface area (Å²) >= 11 is 0. The van der Waals surface area contributed by atoms with Crippen molar-refractivity contribution in [1.29, 1.82) is 0 Å². The Hall–Kier alpha value is -0.370. The first-order valence-corrected chi connectivity index (χ1v) is 10.9. The predicted octanol–water partition coefficient (Wildman–Crippen LogP) is 6.52. The second-order valence-corrected chi connectivity index (χ2v) is 8.26. The lowest BCUT2D eigenvalue weighted by atomic mass is 10.0. The van der Waals surface area contributed by atoms with E-state index in [1.807, 2.05) is 0 Å². The second kappa shape index (κ2) is 16.1. The molecule has 0 radical (unpaired) electrons. The Morgan fingerprint density at radius 2 is 1.04 bits per heavy atom. The number of ketones is 1. The van der Waals surface area contributed by atoms with Crippen molar-refractivity contribution in [2.24, 2.45) is 0 Å². The molecule has 2 nitrogen and oxygen atoms in total. The maximum absolute atomic E-state index is 11.9. The van der Waals surface area contributed by atoms with Gasteiger partial charge in [-0.15, -0.1) is 0 Å². The average Bonchev–Trinajstić information content (AvgIpc) is 2.56. The largest absolute Gasteiger partial charge is 0.329 e. The molecule has 0 spiro atoms. The van der Waals surface area contributed by atoms with Gasteiger partial charge in [-0.3, -0.25) is 4.79 Å². The smallest absolute Gasteiger partial charge is 0.132 e. The van der Waals surface area contributed by atoms with Crippen LogP contribution in [0.15, 0.2) is 0 Å². The van der Waals surface area contributed by atoms with Crippen molar-refractivity contribution in [2.75, 3.05) is 27.2 Å². The van der Waals surface area contributed by atoms with Crippen LogP contribution in [0.2, 0.25) is 0 Å². The molecule has 0 aromatic rings. The van der Waals surface area contributed by atoms with E-state index >= 15 is 0 Å². The summed E-state index contributed by atoms with van der Waals surface area (Å²) in [7, 11) is 4.54. The first-order valence-electron chi connectivity index (χ1n) is 10.9. The number of unbranched alkanes of at least 4 members (excludes halogenated alkanes) is 11. The summed E-state index contributed by atoms with van der Waals surface area (Å²) in [6.07, 6.45) is 18.8. The zero-order valence-corrected chi connectivity index (χ0v) is 17.4. The van der Waals surface area contributed by atoms with Crippen molar-refractivity contribution >= 4 is 5.78 Å². The molecule has 0 heterocycles. The number of rotatable bonds is 18. The van der Waals surface area contributed by atoms with Gasteiger partial charge in [0, 0.05) is 12.8 Å². The molecule has 0 aromatic heterocycles. The van der Waals surface area contributed by atoms with Crippen LogP contribution in [0.1, 0.15) is 110 Å². The molecule has 0 rings (SSSR count). The fourth-order valence-corrected chi connectivity index (χ4v) is 3.13. The molecule has 144 valence electrons. The van der Waals surface area contributed by atoms with E-state index in [4.69, 9.17) is 0 Å². The van der Waals surface area contributed by atoms with Crippen LogP contribution in [0.25, 0.3) is 0 Å². The third-order valence-electron chi connectivity index (χ3n) is 5.38.